The van der Waals surface area contributed by atoms with E-state index in [9.17, 15) is 19.4 Å². The Morgan fingerprint density at radius 1 is 0.700 bits per heavy atom. The standard InChI is InChI=1S/C41H71N2O6P/c1-6-8-10-12-14-16-18-20-21-23-25-27-29-31-33-35-41(45)42-39(38-49-50(46,47)48-37-36-43(3,4)5)40(44)34-32-30-28-26-24-22-19-17-15-13-11-9-7-2/h8,10,14-17,20-21,24-27,32,34,39-40,44H,6-7,9,11-13,18-19,22-23,28-31,33,35-38H2,1-5H3,(H-,42,45,46,47)/p+1/b10-8-,16-14-,17-15+,21-20-,26-24+,27-25-,34-32+. The largest absolute Gasteiger partial charge is 0.472 e. The fourth-order valence-electron chi connectivity index (χ4n) is 4.53. The van der Waals surface area contributed by atoms with Crippen molar-refractivity contribution < 1.29 is 32.9 Å². The number of nitrogens with zero attached hydrogens (tertiary/aromatic N) is 1. The maximum Gasteiger partial charge on any atom is 0.472 e. The van der Waals surface area contributed by atoms with Gasteiger partial charge in [-0.25, -0.2) is 4.57 Å². The average Bonchev–Trinajstić information content (AvgIpc) is 3.06. The molecule has 0 spiro atoms. The molecule has 0 rings (SSSR count). The average molecular weight is 720 g/mol. The number of rotatable bonds is 32. The first-order valence-corrected chi connectivity index (χ1v) is 20.5. The molecular formula is C41H72N2O6P+. The number of phosphoric acid groups is 1. The molecule has 9 heteroatoms. The van der Waals surface area contributed by atoms with Crippen LogP contribution >= 0.6 is 7.82 Å². The Labute approximate surface area is 306 Å². The zero-order valence-corrected chi connectivity index (χ0v) is 33.0. The monoisotopic (exact) mass is 720 g/mol. The molecule has 50 heavy (non-hydrogen) atoms. The minimum absolute atomic E-state index is 0.0405. The maximum absolute atomic E-state index is 12.8. The van der Waals surface area contributed by atoms with E-state index in [0.29, 0.717) is 17.4 Å². The number of quaternary nitrogens is 1. The minimum Gasteiger partial charge on any atom is -0.387 e. The summed E-state index contributed by atoms with van der Waals surface area (Å²) in [7, 11) is 1.50. The minimum atomic E-state index is -4.36. The van der Waals surface area contributed by atoms with Crippen LogP contribution in [0.25, 0.3) is 0 Å². The first kappa shape index (κ1) is 47.7. The number of hydrogen-bond donors (Lipinski definition) is 3. The van der Waals surface area contributed by atoms with Gasteiger partial charge in [0.05, 0.1) is 39.9 Å². The number of allylic oxidation sites excluding steroid dienone is 13. The number of nitrogens with one attached hydrogen (secondary N) is 1. The second kappa shape index (κ2) is 32.6. The molecule has 0 aliphatic heterocycles. The number of aliphatic hydroxyl groups is 1. The van der Waals surface area contributed by atoms with Gasteiger partial charge >= 0.3 is 7.82 Å². The maximum atomic E-state index is 12.8. The van der Waals surface area contributed by atoms with E-state index < -0.39 is 20.0 Å². The third-order valence-corrected chi connectivity index (χ3v) is 8.56. The molecule has 1 amide bonds. The molecule has 0 heterocycles. The number of phosphoric ester groups is 1. The predicted molar refractivity (Wildman–Crippen MR) is 212 cm³/mol. The van der Waals surface area contributed by atoms with E-state index in [-0.39, 0.29) is 25.5 Å². The summed E-state index contributed by atoms with van der Waals surface area (Å²) in [5.41, 5.74) is 0. The second-order valence-electron chi connectivity index (χ2n) is 13.5. The van der Waals surface area contributed by atoms with Gasteiger partial charge in [0.15, 0.2) is 0 Å². The van der Waals surface area contributed by atoms with E-state index >= 15 is 0 Å². The van der Waals surface area contributed by atoms with Gasteiger partial charge in [-0.2, -0.15) is 0 Å². The Bertz CT molecular complexity index is 1090. The van der Waals surface area contributed by atoms with Crippen LogP contribution in [0.4, 0.5) is 0 Å². The van der Waals surface area contributed by atoms with Crippen molar-refractivity contribution in [3.8, 4) is 0 Å². The van der Waals surface area contributed by atoms with Crippen LogP contribution in [0, 0.1) is 0 Å². The Kier molecular flexibility index (Phi) is 31.1. The lowest BCUT2D eigenvalue weighted by atomic mass is 10.1. The van der Waals surface area contributed by atoms with Crippen molar-refractivity contribution in [3.63, 3.8) is 0 Å². The summed E-state index contributed by atoms with van der Waals surface area (Å²) in [6.45, 7) is 4.55. The van der Waals surface area contributed by atoms with Crippen molar-refractivity contribution in [3.05, 3.63) is 85.1 Å². The first-order chi connectivity index (χ1) is 24.0. The molecule has 3 atom stereocenters. The Balaban J connectivity index is 4.73. The van der Waals surface area contributed by atoms with Gasteiger partial charge in [0.1, 0.15) is 13.2 Å². The molecule has 0 aromatic heterocycles. The Morgan fingerprint density at radius 2 is 1.20 bits per heavy atom. The van der Waals surface area contributed by atoms with E-state index in [0.717, 1.165) is 70.6 Å². The van der Waals surface area contributed by atoms with Crippen molar-refractivity contribution in [1.29, 1.82) is 0 Å². The number of hydrogen-bond acceptors (Lipinski definition) is 5. The van der Waals surface area contributed by atoms with Crippen molar-refractivity contribution in [2.45, 2.75) is 129 Å². The summed E-state index contributed by atoms with van der Waals surface area (Å²) in [4.78, 5) is 23.0. The van der Waals surface area contributed by atoms with Crippen molar-refractivity contribution in [1.82, 2.24) is 5.32 Å². The summed E-state index contributed by atoms with van der Waals surface area (Å²) in [5.74, 6) is -0.239. The Morgan fingerprint density at radius 3 is 1.76 bits per heavy atom. The van der Waals surface area contributed by atoms with Crippen LogP contribution in [0.5, 0.6) is 0 Å². The van der Waals surface area contributed by atoms with Crippen LogP contribution in [0.2, 0.25) is 0 Å². The molecule has 0 aromatic carbocycles. The summed E-state index contributed by atoms with van der Waals surface area (Å²) >= 11 is 0. The number of likely N-dealkylation sites (N-methyl/N-ethyl adjacent to an activating group) is 1. The molecule has 0 aromatic rings. The van der Waals surface area contributed by atoms with Crippen molar-refractivity contribution in [2.75, 3.05) is 40.9 Å². The fraction of sp³-hybridized carbons (Fsp3) is 0.634. The number of unbranched alkanes of at least 4 members (excludes halogenated alkanes) is 7. The molecule has 8 nitrogen and oxygen atoms in total. The van der Waals surface area contributed by atoms with Crippen LogP contribution in [-0.4, -0.2) is 73.4 Å². The van der Waals surface area contributed by atoms with Gasteiger partial charge in [-0.15, -0.1) is 0 Å². The number of aliphatic hydroxyl groups excluding tert-OH is 1. The summed E-state index contributed by atoms with van der Waals surface area (Å²) in [6.07, 6.45) is 43.7. The van der Waals surface area contributed by atoms with E-state index in [1.807, 2.05) is 27.2 Å². The lowest BCUT2D eigenvalue weighted by Crippen LogP contribution is -2.45. The van der Waals surface area contributed by atoms with Gasteiger partial charge in [-0.3, -0.25) is 13.8 Å². The van der Waals surface area contributed by atoms with Crippen molar-refractivity contribution in [2.24, 2.45) is 0 Å². The van der Waals surface area contributed by atoms with Crippen LogP contribution < -0.4 is 5.32 Å². The third kappa shape index (κ3) is 34.1. The van der Waals surface area contributed by atoms with Crippen LogP contribution in [0.15, 0.2) is 85.1 Å². The van der Waals surface area contributed by atoms with E-state index in [1.165, 1.54) is 19.3 Å². The van der Waals surface area contributed by atoms with Crippen LogP contribution in [0.3, 0.4) is 0 Å². The number of carbonyl (C=O) groups excluding carboxylic acids is 1. The lowest BCUT2D eigenvalue weighted by Gasteiger charge is -2.25. The van der Waals surface area contributed by atoms with Gasteiger partial charge in [0.25, 0.3) is 0 Å². The highest BCUT2D eigenvalue weighted by Crippen LogP contribution is 2.43. The van der Waals surface area contributed by atoms with Gasteiger partial charge in [0.2, 0.25) is 5.91 Å². The zero-order valence-electron chi connectivity index (χ0n) is 32.1. The highest BCUT2D eigenvalue weighted by molar-refractivity contribution is 7.47. The van der Waals surface area contributed by atoms with Gasteiger partial charge < -0.3 is 19.8 Å². The predicted octanol–water partition coefficient (Wildman–Crippen LogP) is 9.85. The molecule has 0 saturated carbocycles. The highest BCUT2D eigenvalue weighted by atomic mass is 31.2. The van der Waals surface area contributed by atoms with Gasteiger partial charge in [-0.1, -0.05) is 112 Å². The molecule has 3 N–H and O–H groups in total. The van der Waals surface area contributed by atoms with Crippen LogP contribution in [0.1, 0.15) is 117 Å². The zero-order chi connectivity index (χ0) is 37.2. The molecule has 0 radical (unpaired) electrons. The Hall–Kier alpha value is -2.32. The normalized spacial score (nSPS) is 15.6. The third-order valence-electron chi connectivity index (χ3n) is 7.58. The molecule has 0 fully saturated rings. The number of carbonyl (C=O) groups is 1. The molecule has 0 saturated heterocycles. The van der Waals surface area contributed by atoms with E-state index in [2.05, 4.69) is 92.1 Å². The molecular weight excluding hydrogens is 647 g/mol. The molecule has 0 bridgehead atoms. The second-order valence-corrected chi connectivity index (χ2v) is 15.0. The molecule has 286 valence electrons. The molecule has 3 unspecified atom stereocenters. The first-order valence-electron chi connectivity index (χ1n) is 19.0. The molecule has 0 aliphatic carbocycles. The summed E-state index contributed by atoms with van der Waals surface area (Å²) in [6, 6.07) is -0.893. The quantitative estimate of drug-likeness (QED) is 0.0277. The smallest absolute Gasteiger partial charge is 0.387 e. The SMILES string of the molecule is CC/C=C\C/C=C\C/C=C\C/C=C\CCCCC(=O)NC(COP(=O)(O)OCC[N+](C)(C)C)C(O)/C=C/CC/C=C/CC/C=C/CCCCC. The lowest BCUT2D eigenvalue weighted by molar-refractivity contribution is -0.870. The van der Waals surface area contributed by atoms with E-state index in [4.69, 9.17) is 9.05 Å². The van der Waals surface area contributed by atoms with Crippen LogP contribution in [-0.2, 0) is 18.4 Å². The fourth-order valence-corrected chi connectivity index (χ4v) is 5.27. The summed E-state index contributed by atoms with van der Waals surface area (Å²) in [5, 5.41) is 13.7. The highest BCUT2D eigenvalue weighted by Gasteiger charge is 2.27. The van der Waals surface area contributed by atoms with Gasteiger partial charge in [-0.05, 0) is 83.5 Å². The van der Waals surface area contributed by atoms with Crippen molar-refractivity contribution >= 4 is 13.7 Å². The molecule has 0 aliphatic rings. The van der Waals surface area contributed by atoms with Gasteiger partial charge in [0, 0.05) is 6.42 Å². The summed E-state index contributed by atoms with van der Waals surface area (Å²) < 4.78 is 23.4. The van der Waals surface area contributed by atoms with E-state index in [1.54, 1.807) is 6.08 Å². The topological polar surface area (TPSA) is 105 Å². The number of amides is 1.